The Balaban J connectivity index is 0.00000441. The molecule has 280 valence electrons. The molecule has 0 saturated heterocycles. The van der Waals surface area contributed by atoms with Crippen molar-refractivity contribution in [1.82, 2.24) is 9.97 Å². The van der Waals surface area contributed by atoms with Crippen molar-refractivity contribution in [1.29, 1.82) is 0 Å². The van der Waals surface area contributed by atoms with E-state index in [9.17, 15) is 0 Å². The molecule has 0 aliphatic rings. The summed E-state index contributed by atoms with van der Waals surface area (Å²) in [6, 6.07) is 47.9. The van der Waals surface area contributed by atoms with Crippen molar-refractivity contribution in [2.45, 2.75) is 54.4 Å². The Morgan fingerprint density at radius 2 is 1.36 bits per heavy atom. The Labute approximate surface area is 342 Å². The van der Waals surface area contributed by atoms with Crippen LogP contribution in [0.4, 0.5) is 0 Å². The smallest absolute Gasteiger partial charge is 0.491 e. The van der Waals surface area contributed by atoms with Crippen LogP contribution in [0, 0.1) is 23.0 Å². The Hall–Kier alpha value is -5.51. The molecule has 0 N–H and O–H groups in total. The van der Waals surface area contributed by atoms with Gasteiger partial charge in [-0.1, -0.05) is 113 Å². The van der Waals surface area contributed by atoms with E-state index >= 15 is 0 Å². The van der Waals surface area contributed by atoms with Crippen molar-refractivity contribution in [3.05, 3.63) is 145 Å². The third kappa shape index (κ3) is 7.66. The van der Waals surface area contributed by atoms with E-state index in [2.05, 4.69) is 114 Å². The molecule has 0 fully saturated rings. The SMILES string of the molecule is CC(C)(C)Cc1ccc2cc(-c3cc(Oc4cccc(-c5[c-]cccc5)n4)nc(-c4[c-]c5ccccc5c5c4oc4cc(CC(C)(C)C)ccc45)c3)oc2c1.[Pt+2]. The maximum absolute atomic E-state index is 6.82. The molecule has 9 rings (SSSR count). The second-order valence-corrected chi connectivity index (χ2v) is 17.0. The number of rotatable bonds is 7. The van der Waals surface area contributed by atoms with Crippen LogP contribution >= 0.6 is 0 Å². The molecule has 5 nitrogen and oxygen atoms in total. The number of aromatic nitrogens is 2. The first-order chi connectivity index (χ1) is 26.4. The molecule has 0 radical (unpaired) electrons. The van der Waals surface area contributed by atoms with Crippen LogP contribution in [-0.2, 0) is 33.9 Å². The zero-order valence-corrected chi connectivity index (χ0v) is 34.7. The predicted octanol–water partition coefficient (Wildman–Crippen LogP) is 13.8. The van der Waals surface area contributed by atoms with Crippen LogP contribution < -0.4 is 4.74 Å². The minimum absolute atomic E-state index is 0. The summed E-state index contributed by atoms with van der Waals surface area (Å²) >= 11 is 0. The van der Waals surface area contributed by atoms with Gasteiger partial charge in [0.1, 0.15) is 16.9 Å². The van der Waals surface area contributed by atoms with Gasteiger partial charge in [-0.2, -0.15) is 0 Å². The quantitative estimate of drug-likeness (QED) is 0.149. The molecule has 6 heteroatoms. The van der Waals surface area contributed by atoms with E-state index in [0.29, 0.717) is 23.2 Å². The summed E-state index contributed by atoms with van der Waals surface area (Å²) < 4.78 is 19.9. The Morgan fingerprint density at radius 3 is 2.12 bits per heavy atom. The Morgan fingerprint density at radius 1 is 0.625 bits per heavy atom. The van der Waals surface area contributed by atoms with Crippen molar-refractivity contribution in [3.8, 4) is 45.6 Å². The fourth-order valence-corrected chi connectivity index (χ4v) is 7.54. The van der Waals surface area contributed by atoms with Crippen LogP contribution in [0.1, 0.15) is 52.7 Å². The first-order valence-corrected chi connectivity index (χ1v) is 18.9. The molecule has 5 aromatic carbocycles. The van der Waals surface area contributed by atoms with Gasteiger partial charge < -0.3 is 13.6 Å². The van der Waals surface area contributed by atoms with Gasteiger partial charge in [-0.25, -0.2) is 0 Å². The maximum atomic E-state index is 6.82. The summed E-state index contributed by atoms with van der Waals surface area (Å²) in [5.41, 5.74) is 9.06. The number of hydrogen-bond acceptors (Lipinski definition) is 5. The van der Waals surface area contributed by atoms with Crippen LogP contribution in [0.3, 0.4) is 0 Å². The van der Waals surface area contributed by atoms with Crippen molar-refractivity contribution in [3.63, 3.8) is 0 Å². The van der Waals surface area contributed by atoms with Gasteiger partial charge in [0.15, 0.2) is 0 Å². The van der Waals surface area contributed by atoms with Gasteiger partial charge in [-0.3, -0.25) is 9.97 Å². The van der Waals surface area contributed by atoms with Crippen LogP contribution in [0.25, 0.3) is 77.5 Å². The van der Waals surface area contributed by atoms with Crippen LogP contribution in [0.15, 0.2) is 130 Å². The number of hydrogen-bond donors (Lipinski definition) is 0. The minimum atomic E-state index is 0. The molecule has 9 aromatic rings. The van der Waals surface area contributed by atoms with Gasteiger partial charge in [0.25, 0.3) is 0 Å². The van der Waals surface area contributed by atoms with Gasteiger partial charge in [0.05, 0.1) is 5.58 Å². The number of pyridine rings is 2. The van der Waals surface area contributed by atoms with Crippen molar-refractivity contribution >= 4 is 43.7 Å². The number of ether oxygens (including phenoxy) is 1. The zero-order valence-electron chi connectivity index (χ0n) is 32.4. The van der Waals surface area contributed by atoms with Crippen LogP contribution in [-0.4, -0.2) is 9.97 Å². The second kappa shape index (κ2) is 14.5. The van der Waals surface area contributed by atoms with E-state index in [1.165, 1.54) is 11.1 Å². The fourth-order valence-electron chi connectivity index (χ4n) is 7.54. The number of nitrogens with zero attached hydrogens (tertiary/aromatic N) is 2. The molecular weight excluding hydrogens is 872 g/mol. The number of benzene rings is 5. The van der Waals surface area contributed by atoms with Crippen LogP contribution in [0.2, 0.25) is 0 Å². The first-order valence-electron chi connectivity index (χ1n) is 18.9. The maximum Gasteiger partial charge on any atom is 2.00 e. The Bertz CT molecular complexity index is 2870. The molecule has 0 bridgehead atoms. The standard InChI is InChI=1S/C50H42N2O3.Pt/c1-49(2,3)29-31-19-21-35-27-43(53-42(35)23-31)36-26-41(52-46(28-36)55-45-18-12-17-40(51-45)33-13-8-7-9-14-33)39-25-34-15-10-11-16-37(34)47-38-22-20-32(30-50(4,5)6)24-44(38)54-48(39)47;/h7-13,15-24,26-28H,29-30H2,1-6H3;/q-2;+2. The van der Waals surface area contributed by atoms with Gasteiger partial charge in [0, 0.05) is 28.1 Å². The topological polar surface area (TPSA) is 61.3 Å². The number of furan rings is 2. The van der Waals surface area contributed by atoms with Crippen molar-refractivity contribution < 1.29 is 34.6 Å². The van der Waals surface area contributed by atoms with Gasteiger partial charge in [0.2, 0.25) is 11.8 Å². The number of fused-ring (bicyclic) bond motifs is 6. The fraction of sp³-hybridized carbons (Fsp3) is 0.200. The largest absolute Gasteiger partial charge is 2.00 e. The Kier molecular flexibility index (Phi) is 9.71. The van der Waals surface area contributed by atoms with E-state index in [1.807, 2.05) is 60.7 Å². The van der Waals surface area contributed by atoms with Gasteiger partial charge in [-0.05, 0) is 70.1 Å². The molecule has 0 spiro atoms. The molecule has 0 aliphatic heterocycles. The second-order valence-electron chi connectivity index (χ2n) is 17.0. The molecule has 56 heavy (non-hydrogen) atoms. The summed E-state index contributed by atoms with van der Waals surface area (Å²) in [5.74, 6) is 1.51. The monoisotopic (exact) mass is 913 g/mol. The average Bonchev–Trinajstić information content (AvgIpc) is 3.75. The molecule has 4 heterocycles. The summed E-state index contributed by atoms with van der Waals surface area (Å²) in [5, 5.41) is 5.20. The van der Waals surface area contributed by atoms with E-state index in [1.54, 1.807) is 0 Å². The predicted molar refractivity (Wildman–Crippen MR) is 223 cm³/mol. The van der Waals surface area contributed by atoms with Gasteiger partial charge >= 0.3 is 21.1 Å². The van der Waals surface area contributed by atoms with Gasteiger partial charge in [-0.15, -0.1) is 53.4 Å². The van der Waals surface area contributed by atoms with Crippen LogP contribution in [0.5, 0.6) is 11.8 Å². The summed E-state index contributed by atoms with van der Waals surface area (Å²) in [6.07, 6.45) is 1.89. The van der Waals surface area contributed by atoms with Crippen molar-refractivity contribution in [2.24, 2.45) is 10.8 Å². The summed E-state index contributed by atoms with van der Waals surface area (Å²) in [7, 11) is 0. The third-order valence-electron chi connectivity index (χ3n) is 9.75. The van der Waals surface area contributed by atoms with E-state index < -0.39 is 0 Å². The molecule has 4 aromatic heterocycles. The molecule has 0 atom stereocenters. The average molecular weight is 914 g/mol. The molecule has 0 saturated carbocycles. The zero-order chi connectivity index (χ0) is 37.9. The molecule has 0 aliphatic carbocycles. The van der Waals surface area contributed by atoms with E-state index in [-0.39, 0.29) is 31.9 Å². The summed E-state index contributed by atoms with van der Waals surface area (Å²) in [6.45, 7) is 13.5. The van der Waals surface area contributed by atoms with Crippen molar-refractivity contribution in [2.75, 3.05) is 0 Å². The normalized spacial score (nSPS) is 12.1. The minimum Gasteiger partial charge on any atom is -0.491 e. The summed E-state index contributed by atoms with van der Waals surface area (Å²) in [4.78, 5) is 9.95. The molecular formula is C50H42N2O3Pt. The molecule has 0 amide bonds. The third-order valence-corrected chi connectivity index (χ3v) is 9.75. The van der Waals surface area contributed by atoms with E-state index in [0.717, 1.165) is 78.9 Å². The molecule has 0 unspecified atom stereocenters. The first kappa shape index (κ1) is 37.4. The van der Waals surface area contributed by atoms with E-state index in [4.69, 9.17) is 23.5 Å².